The van der Waals surface area contributed by atoms with Crippen molar-refractivity contribution in [3.05, 3.63) is 60.7 Å². The van der Waals surface area contributed by atoms with Crippen molar-refractivity contribution in [1.29, 1.82) is 0 Å². The molecule has 0 aromatic heterocycles. The molecular weight excluding hydrogens is 250 g/mol. The Bertz CT molecular complexity index is 499. The van der Waals surface area contributed by atoms with Gasteiger partial charge in [-0.3, -0.25) is 4.90 Å². The number of rotatable bonds is 6. The van der Waals surface area contributed by atoms with E-state index in [2.05, 4.69) is 0 Å². The van der Waals surface area contributed by atoms with E-state index in [0.29, 0.717) is 0 Å². The first kappa shape index (κ1) is 14.4. The van der Waals surface area contributed by atoms with Crippen LogP contribution in [0.4, 0.5) is 0 Å². The van der Waals surface area contributed by atoms with Gasteiger partial charge in [0.1, 0.15) is 17.6 Å². The molecule has 2 unspecified atom stereocenters. The summed E-state index contributed by atoms with van der Waals surface area (Å²) in [7, 11) is 3.97. The average molecular weight is 271 g/mol. The van der Waals surface area contributed by atoms with Crippen molar-refractivity contribution in [2.45, 2.75) is 19.3 Å². The van der Waals surface area contributed by atoms with E-state index in [4.69, 9.17) is 9.47 Å². The predicted octanol–water partition coefficient (Wildman–Crippen LogP) is 3.42. The van der Waals surface area contributed by atoms with Crippen LogP contribution in [0.15, 0.2) is 60.7 Å². The summed E-state index contributed by atoms with van der Waals surface area (Å²) in [5, 5.41) is 0. The Kier molecular flexibility index (Phi) is 5.02. The molecule has 0 N–H and O–H groups in total. The van der Waals surface area contributed by atoms with Gasteiger partial charge in [0.25, 0.3) is 0 Å². The Balaban J connectivity index is 2.04. The van der Waals surface area contributed by atoms with Crippen LogP contribution >= 0.6 is 0 Å². The number of nitrogens with zero attached hydrogens (tertiary/aromatic N) is 1. The fraction of sp³-hybridized carbons (Fsp3) is 0.294. The molecule has 0 saturated carbocycles. The molecule has 0 aliphatic carbocycles. The average Bonchev–Trinajstić information content (AvgIpc) is 2.46. The van der Waals surface area contributed by atoms with E-state index >= 15 is 0 Å². The number of likely N-dealkylation sites (N-methyl/N-ethyl adjacent to an activating group) is 1. The van der Waals surface area contributed by atoms with E-state index in [9.17, 15) is 0 Å². The van der Waals surface area contributed by atoms with Crippen molar-refractivity contribution in [2.75, 3.05) is 14.1 Å². The van der Waals surface area contributed by atoms with E-state index in [0.717, 1.165) is 11.5 Å². The maximum atomic E-state index is 6.01. The van der Waals surface area contributed by atoms with Gasteiger partial charge in [0, 0.05) is 0 Å². The number of benzene rings is 2. The fourth-order valence-electron chi connectivity index (χ4n) is 2.03. The summed E-state index contributed by atoms with van der Waals surface area (Å²) in [6.07, 6.45) is -0.245. The second kappa shape index (κ2) is 6.96. The van der Waals surface area contributed by atoms with Gasteiger partial charge in [0.15, 0.2) is 6.23 Å². The fourth-order valence-corrected chi connectivity index (χ4v) is 2.03. The zero-order chi connectivity index (χ0) is 14.4. The maximum Gasteiger partial charge on any atom is 0.189 e. The van der Waals surface area contributed by atoms with E-state index in [-0.39, 0.29) is 12.3 Å². The number of hydrogen-bond donors (Lipinski definition) is 0. The van der Waals surface area contributed by atoms with E-state index in [1.807, 2.05) is 86.6 Å². The van der Waals surface area contributed by atoms with Gasteiger partial charge in [-0.05, 0) is 45.3 Å². The quantitative estimate of drug-likeness (QED) is 0.751. The highest BCUT2D eigenvalue weighted by atomic mass is 16.6. The third-order valence-electron chi connectivity index (χ3n) is 2.98. The van der Waals surface area contributed by atoms with Crippen LogP contribution in [0.5, 0.6) is 11.5 Å². The predicted molar refractivity (Wildman–Crippen MR) is 81.1 cm³/mol. The van der Waals surface area contributed by atoms with Crippen LogP contribution in [-0.4, -0.2) is 31.3 Å². The molecule has 0 aliphatic rings. The largest absolute Gasteiger partial charge is 0.485 e. The lowest BCUT2D eigenvalue weighted by Crippen LogP contribution is -2.44. The van der Waals surface area contributed by atoms with Gasteiger partial charge < -0.3 is 9.47 Å². The molecule has 0 heterocycles. The Hall–Kier alpha value is -2.00. The van der Waals surface area contributed by atoms with Crippen LogP contribution in [0, 0.1) is 0 Å². The zero-order valence-electron chi connectivity index (χ0n) is 12.2. The van der Waals surface area contributed by atoms with Crippen LogP contribution in [0.2, 0.25) is 0 Å². The van der Waals surface area contributed by atoms with Crippen molar-refractivity contribution < 1.29 is 9.47 Å². The number of hydrogen-bond acceptors (Lipinski definition) is 3. The lowest BCUT2D eigenvalue weighted by Gasteiger charge is -2.30. The first-order valence-electron chi connectivity index (χ1n) is 6.76. The summed E-state index contributed by atoms with van der Waals surface area (Å²) < 4.78 is 12.0. The lowest BCUT2D eigenvalue weighted by atomic mass is 10.3. The molecule has 2 aromatic carbocycles. The van der Waals surface area contributed by atoms with Gasteiger partial charge in [-0.25, -0.2) is 0 Å². The Labute approximate surface area is 120 Å². The van der Waals surface area contributed by atoms with Crippen LogP contribution in [-0.2, 0) is 0 Å². The van der Waals surface area contributed by atoms with E-state index in [1.54, 1.807) is 0 Å². The number of ether oxygens (including phenoxy) is 2. The van der Waals surface area contributed by atoms with Gasteiger partial charge in [0.2, 0.25) is 0 Å². The summed E-state index contributed by atoms with van der Waals surface area (Å²) in [5.41, 5.74) is 0. The minimum Gasteiger partial charge on any atom is -0.485 e. The molecule has 2 rings (SSSR count). The van der Waals surface area contributed by atoms with Crippen LogP contribution in [0.3, 0.4) is 0 Å². The third kappa shape index (κ3) is 4.00. The molecule has 0 spiro atoms. The van der Waals surface area contributed by atoms with Gasteiger partial charge in [-0.15, -0.1) is 0 Å². The molecule has 0 radical (unpaired) electrons. The van der Waals surface area contributed by atoms with Crippen molar-refractivity contribution >= 4 is 0 Å². The first-order chi connectivity index (χ1) is 9.66. The molecule has 0 saturated heterocycles. The summed E-state index contributed by atoms with van der Waals surface area (Å²) in [6.45, 7) is 2.01. The molecule has 20 heavy (non-hydrogen) atoms. The van der Waals surface area contributed by atoms with Crippen LogP contribution < -0.4 is 9.47 Å². The van der Waals surface area contributed by atoms with Crippen molar-refractivity contribution in [3.63, 3.8) is 0 Å². The second-order valence-corrected chi connectivity index (χ2v) is 4.92. The summed E-state index contributed by atoms with van der Waals surface area (Å²) in [6, 6.07) is 19.6. The van der Waals surface area contributed by atoms with Crippen LogP contribution in [0.25, 0.3) is 0 Å². The summed E-state index contributed by atoms with van der Waals surface area (Å²) in [4.78, 5) is 2.01. The molecular formula is C17H21NO2. The normalized spacial score (nSPS) is 13.8. The molecule has 2 aromatic rings. The van der Waals surface area contributed by atoms with Gasteiger partial charge in [-0.2, -0.15) is 0 Å². The zero-order valence-corrected chi connectivity index (χ0v) is 12.2. The Morgan fingerprint density at radius 1 is 0.750 bits per heavy atom. The molecule has 3 heteroatoms. The second-order valence-electron chi connectivity index (χ2n) is 4.92. The van der Waals surface area contributed by atoms with E-state index in [1.165, 1.54) is 0 Å². The van der Waals surface area contributed by atoms with Gasteiger partial charge >= 0.3 is 0 Å². The van der Waals surface area contributed by atoms with Crippen LogP contribution in [0.1, 0.15) is 6.92 Å². The van der Waals surface area contributed by atoms with Crippen molar-refractivity contribution in [3.8, 4) is 11.5 Å². The monoisotopic (exact) mass is 271 g/mol. The van der Waals surface area contributed by atoms with Gasteiger partial charge in [-0.1, -0.05) is 36.4 Å². The SMILES string of the molecule is CC(Oc1ccccc1)C(Oc1ccccc1)N(C)C. The van der Waals surface area contributed by atoms with Crippen molar-refractivity contribution in [2.24, 2.45) is 0 Å². The Morgan fingerprint density at radius 2 is 1.20 bits per heavy atom. The molecule has 0 aliphatic heterocycles. The van der Waals surface area contributed by atoms with Crippen molar-refractivity contribution in [1.82, 2.24) is 4.90 Å². The lowest BCUT2D eigenvalue weighted by molar-refractivity contribution is -0.0229. The number of para-hydroxylation sites is 2. The molecule has 0 bridgehead atoms. The molecule has 3 nitrogen and oxygen atoms in total. The first-order valence-corrected chi connectivity index (χ1v) is 6.76. The topological polar surface area (TPSA) is 21.7 Å². The molecule has 106 valence electrons. The molecule has 0 fully saturated rings. The van der Waals surface area contributed by atoms with Gasteiger partial charge in [0.05, 0.1) is 0 Å². The smallest absolute Gasteiger partial charge is 0.189 e. The highest BCUT2D eigenvalue weighted by molar-refractivity contribution is 5.22. The Morgan fingerprint density at radius 3 is 1.65 bits per heavy atom. The minimum atomic E-state index is -0.155. The summed E-state index contributed by atoms with van der Waals surface area (Å²) in [5.74, 6) is 1.69. The summed E-state index contributed by atoms with van der Waals surface area (Å²) >= 11 is 0. The molecule has 0 amide bonds. The minimum absolute atomic E-state index is 0.0902. The standard InChI is InChI=1S/C17H21NO2/c1-14(19-15-10-6-4-7-11-15)17(18(2)3)20-16-12-8-5-9-13-16/h4-14,17H,1-3H3. The van der Waals surface area contributed by atoms with E-state index < -0.39 is 0 Å². The maximum absolute atomic E-state index is 6.01. The third-order valence-corrected chi connectivity index (χ3v) is 2.98. The molecule has 2 atom stereocenters. The highest BCUT2D eigenvalue weighted by Crippen LogP contribution is 2.18. The highest BCUT2D eigenvalue weighted by Gasteiger charge is 2.23.